The molecule has 1 aromatic heterocycles. The van der Waals surface area contributed by atoms with Crippen LogP contribution in [0.2, 0.25) is 0 Å². The summed E-state index contributed by atoms with van der Waals surface area (Å²) in [4.78, 5) is 39.5. The summed E-state index contributed by atoms with van der Waals surface area (Å²) >= 11 is 0. The summed E-state index contributed by atoms with van der Waals surface area (Å²) in [5.74, 6) is -0.577. The molecule has 0 aliphatic carbocycles. The molecule has 122 valence electrons. The van der Waals surface area contributed by atoms with E-state index >= 15 is 0 Å². The highest BCUT2D eigenvalue weighted by atomic mass is 16.5. The van der Waals surface area contributed by atoms with Gasteiger partial charge in [-0.05, 0) is 12.8 Å². The van der Waals surface area contributed by atoms with E-state index in [1.807, 2.05) is 13.8 Å². The highest BCUT2D eigenvalue weighted by molar-refractivity contribution is 6.08. The number of aromatic amines is 1. The standard InChI is InChI=1S/C17H20N2O4/c1-4-23-10-19-14(15(20)12-8-6-5-7-9-12)13(11(2)3)16(21)18-17(19)22/h5-9,11H,4,10H2,1-3H3,(H,18,21,22). The molecule has 0 atom stereocenters. The Bertz CT molecular complexity index is 804. The zero-order chi connectivity index (χ0) is 17.0. The number of H-pyrrole nitrogens is 1. The molecule has 0 bridgehead atoms. The molecule has 0 aliphatic rings. The van der Waals surface area contributed by atoms with Crippen LogP contribution in [0.3, 0.4) is 0 Å². The summed E-state index contributed by atoms with van der Waals surface area (Å²) in [7, 11) is 0. The summed E-state index contributed by atoms with van der Waals surface area (Å²) < 4.78 is 6.48. The van der Waals surface area contributed by atoms with Gasteiger partial charge in [0.2, 0.25) is 5.78 Å². The van der Waals surface area contributed by atoms with Crippen LogP contribution in [0.4, 0.5) is 0 Å². The molecular formula is C17H20N2O4. The van der Waals surface area contributed by atoms with Crippen molar-refractivity contribution in [3.8, 4) is 0 Å². The minimum atomic E-state index is -0.646. The van der Waals surface area contributed by atoms with Crippen molar-refractivity contribution in [3.05, 3.63) is 68.0 Å². The van der Waals surface area contributed by atoms with Crippen molar-refractivity contribution in [2.24, 2.45) is 0 Å². The third-order valence-electron chi connectivity index (χ3n) is 3.49. The lowest BCUT2D eigenvalue weighted by Crippen LogP contribution is -2.38. The van der Waals surface area contributed by atoms with Gasteiger partial charge in [0.25, 0.3) is 5.56 Å². The average Bonchev–Trinajstić information content (AvgIpc) is 2.53. The van der Waals surface area contributed by atoms with Gasteiger partial charge in [0.1, 0.15) is 12.4 Å². The quantitative estimate of drug-likeness (QED) is 0.825. The van der Waals surface area contributed by atoms with E-state index in [4.69, 9.17) is 4.74 Å². The first-order valence-electron chi connectivity index (χ1n) is 7.51. The number of hydrogen-bond acceptors (Lipinski definition) is 4. The van der Waals surface area contributed by atoms with E-state index < -0.39 is 11.2 Å². The van der Waals surface area contributed by atoms with E-state index in [9.17, 15) is 14.4 Å². The van der Waals surface area contributed by atoms with Crippen LogP contribution in [0.5, 0.6) is 0 Å². The zero-order valence-electron chi connectivity index (χ0n) is 13.5. The first-order valence-corrected chi connectivity index (χ1v) is 7.51. The average molecular weight is 316 g/mol. The van der Waals surface area contributed by atoms with Crippen LogP contribution in [-0.4, -0.2) is 21.9 Å². The number of ether oxygens (including phenoxy) is 1. The van der Waals surface area contributed by atoms with E-state index in [0.29, 0.717) is 12.2 Å². The summed E-state index contributed by atoms with van der Waals surface area (Å²) in [5.41, 5.74) is -0.375. The number of benzene rings is 1. The molecule has 0 saturated heterocycles. The summed E-state index contributed by atoms with van der Waals surface area (Å²) in [6.07, 6.45) is 0. The summed E-state index contributed by atoms with van der Waals surface area (Å²) in [6, 6.07) is 8.58. The lowest BCUT2D eigenvalue weighted by molar-refractivity contribution is 0.0783. The molecule has 2 rings (SSSR count). The van der Waals surface area contributed by atoms with Crippen LogP contribution in [0.1, 0.15) is 48.3 Å². The smallest absolute Gasteiger partial charge is 0.330 e. The maximum atomic E-state index is 12.9. The fourth-order valence-corrected chi connectivity index (χ4v) is 2.40. The molecule has 0 saturated carbocycles. The van der Waals surface area contributed by atoms with E-state index in [1.54, 1.807) is 37.3 Å². The second-order valence-electron chi connectivity index (χ2n) is 5.42. The second-order valence-corrected chi connectivity index (χ2v) is 5.42. The number of hydrogen-bond donors (Lipinski definition) is 1. The van der Waals surface area contributed by atoms with E-state index in [2.05, 4.69) is 4.98 Å². The highest BCUT2D eigenvalue weighted by Gasteiger charge is 2.24. The lowest BCUT2D eigenvalue weighted by Gasteiger charge is -2.17. The molecule has 0 aliphatic heterocycles. The molecule has 6 heteroatoms. The number of aromatic nitrogens is 2. The van der Waals surface area contributed by atoms with Crippen LogP contribution in [0.25, 0.3) is 0 Å². The zero-order valence-corrected chi connectivity index (χ0v) is 13.5. The van der Waals surface area contributed by atoms with Crippen LogP contribution in [0, 0.1) is 0 Å². The van der Waals surface area contributed by atoms with Gasteiger partial charge in [-0.3, -0.25) is 19.1 Å². The van der Waals surface area contributed by atoms with Gasteiger partial charge < -0.3 is 4.74 Å². The second kappa shape index (κ2) is 7.19. The van der Waals surface area contributed by atoms with Crippen molar-refractivity contribution >= 4 is 5.78 Å². The number of ketones is 1. The highest BCUT2D eigenvalue weighted by Crippen LogP contribution is 2.18. The summed E-state index contributed by atoms with van der Waals surface area (Å²) in [5, 5.41) is 0. The van der Waals surface area contributed by atoms with Gasteiger partial charge in [0.05, 0.1) is 0 Å². The Morgan fingerprint density at radius 2 is 1.87 bits per heavy atom. The number of rotatable bonds is 6. The van der Waals surface area contributed by atoms with Gasteiger partial charge >= 0.3 is 5.69 Å². The monoisotopic (exact) mass is 316 g/mol. The molecule has 6 nitrogen and oxygen atoms in total. The van der Waals surface area contributed by atoms with Crippen molar-refractivity contribution in [2.45, 2.75) is 33.4 Å². The number of carbonyl (C=O) groups is 1. The molecule has 0 amide bonds. The van der Waals surface area contributed by atoms with Crippen molar-refractivity contribution in [1.29, 1.82) is 0 Å². The fourth-order valence-electron chi connectivity index (χ4n) is 2.40. The third kappa shape index (κ3) is 3.48. The first-order chi connectivity index (χ1) is 11.0. The normalized spacial score (nSPS) is 11.0. The van der Waals surface area contributed by atoms with E-state index in [0.717, 1.165) is 0 Å². The molecule has 1 N–H and O–H groups in total. The van der Waals surface area contributed by atoms with Gasteiger partial charge in [-0.2, -0.15) is 0 Å². The minimum Gasteiger partial charge on any atom is -0.361 e. The molecular weight excluding hydrogens is 296 g/mol. The number of carbonyl (C=O) groups excluding carboxylic acids is 1. The molecule has 0 spiro atoms. The van der Waals surface area contributed by atoms with Crippen LogP contribution in [0.15, 0.2) is 39.9 Å². The SMILES string of the molecule is CCOCn1c(C(=O)c2ccccc2)c(C(C)C)c(=O)[nH]c1=O. The Morgan fingerprint density at radius 1 is 1.22 bits per heavy atom. The number of nitrogens with zero attached hydrogens (tertiary/aromatic N) is 1. The van der Waals surface area contributed by atoms with Crippen LogP contribution in [-0.2, 0) is 11.5 Å². The molecule has 0 unspecified atom stereocenters. The minimum absolute atomic E-state index is 0.0836. The summed E-state index contributed by atoms with van der Waals surface area (Å²) in [6.45, 7) is 5.71. The topological polar surface area (TPSA) is 81.2 Å². The van der Waals surface area contributed by atoms with Gasteiger partial charge in [-0.25, -0.2) is 4.79 Å². The maximum absolute atomic E-state index is 12.9. The van der Waals surface area contributed by atoms with Crippen molar-refractivity contribution in [1.82, 2.24) is 9.55 Å². The molecule has 0 radical (unpaired) electrons. The first kappa shape index (κ1) is 16.9. The Balaban J connectivity index is 2.74. The van der Waals surface area contributed by atoms with Crippen molar-refractivity contribution in [3.63, 3.8) is 0 Å². The predicted molar refractivity (Wildman–Crippen MR) is 86.9 cm³/mol. The van der Waals surface area contributed by atoms with Gasteiger partial charge in [0, 0.05) is 17.7 Å². The molecule has 23 heavy (non-hydrogen) atoms. The molecule has 1 aromatic carbocycles. The Kier molecular flexibility index (Phi) is 5.28. The predicted octanol–water partition coefficient (Wildman–Crippen LogP) is 1.89. The van der Waals surface area contributed by atoms with E-state index in [-0.39, 0.29) is 29.7 Å². The van der Waals surface area contributed by atoms with Gasteiger partial charge in [-0.1, -0.05) is 44.2 Å². The third-order valence-corrected chi connectivity index (χ3v) is 3.49. The van der Waals surface area contributed by atoms with Crippen LogP contribution < -0.4 is 11.2 Å². The van der Waals surface area contributed by atoms with Crippen molar-refractivity contribution < 1.29 is 9.53 Å². The fraction of sp³-hybridized carbons (Fsp3) is 0.353. The molecule has 1 heterocycles. The molecule has 0 fully saturated rings. The number of nitrogens with one attached hydrogen (secondary N) is 1. The lowest BCUT2D eigenvalue weighted by atomic mass is 9.97. The van der Waals surface area contributed by atoms with Crippen LogP contribution >= 0.6 is 0 Å². The van der Waals surface area contributed by atoms with Gasteiger partial charge in [0.15, 0.2) is 0 Å². The van der Waals surface area contributed by atoms with E-state index in [1.165, 1.54) is 4.57 Å². The Hall–Kier alpha value is -2.47. The Labute approximate surface area is 133 Å². The maximum Gasteiger partial charge on any atom is 0.330 e. The van der Waals surface area contributed by atoms with Gasteiger partial charge in [-0.15, -0.1) is 0 Å². The largest absolute Gasteiger partial charge is 0.361 e. The molecule has 2 aromatic rings. The Morgan fingerprint density at radius 3 is 2.43 bits per heavy atom. The van der Waals surface area contributed by atoms with Crippen molar-refractivity contribution in [2.75, 3.05) is 6.61 Å².